The van der Waals surface area contributed by atoms with Crippen LogP contribution in [0.1, 0.15) is 68.2 Å². The molecule has 1 aliphatic heterocycles. The molecule has 2 heterocycles. The Hall–Kier alpha value is -3.82. The van der Waals surface area contributed by atoms with Crippen molar-refractivity contribution in [1.29, 1.82) is 0 Å². The lowest BCUT2D eigenvalue weighted by Gasteiger charge is -2.28. The lowest BCUT2D eigenvalue weighted by atomic mass is 9.94. The van der Waals surface area contributed by atoms with E-state index in [-0.39, 0.29) is 24.8 Å². The summed E-state index contributed by atoms with van der Waals surface area (Å²) in [5.41, 5.74) is 3.51. The van der Waals surface area contributed by atoms with Gasteiger partial charge in [-0.25, -0.2) is 8.78 Å². The number of aliphatic hydroxyl groups is 2. The van der Waals surface area contributed by atoms with Gasteiger partial charge in [0.2, 0.25) is 0 Å². The van der Waals surface area contributed by atoms with Crippen LogP contribution in [0.25, 0.3) is 28.3 Å². The fraction of sp³-hybridized carbons (Fsp3) is 0.394. The molecular formula is C33H38F2N2O5. The molecule has 0 spiro atoms. The third-order valence-corrected chi connectivity index (χ3v) is 7.49. The molecular weight excluding hydrogens is 542 g/mol. The summed E-state index contributed by atoms with van der Waals surface area (Å²) >= 11 is 0. The van der Waals surface area contributed by atoms with Crippen LogP contribution in [0.5, 0.6) is 0 Å². The van der Waals surface area contributed by atoms with Crippen molar-refractivity contribution in [3.05, 3.63) is 77.6 Å². The number of aromatic nitrogens is 1. The van der Waals surface area contributed by atoms with E-state index >= 15 is 0 Å². The monoisotopic (exact) mass is 580 g/mol. The number of methoxy groups -OCH3 is 1. The molecule has 224 valence electrons. The Morgan fingerprint density at radius 1 is 0.905 bits per heavy atom. The number of carbonyl (C=O) groups excluding carboxylic acids is 2. The van der Waals surface area contributed by atoms with E-state index in [4.69, 9.17) is 0 Å². The number of carbonyl (C=O) groups is 2. The first-order valence-electron chi connectivity index (χ1n) is 14.3. The lowest BCUT2D eigenvalue weighted by molar-refractivity contribution is -0.143. The highest BCUT2D eigenvalue weighted by Gasteiger charge is 2.32. The van der Waals surface area contributed by atoms with E-state index < -0.39 is 29.8 Å². The van der Waals surface area contributed by atoms with Crippen molar-refractivity contribution >= 4 is 18.0 Å². The van der Waals surface area contributed by atoms with E-state index in [2.05, 4.69) is 4.74 Å². The molecule has 0 saturated carbocycles. The van der Waals surface area contributed by atoms with Gasteiger partial charge in [0.05, 0.1) is 25.7 Å². The highest BCUT2D eigenvalue weighted by molar-refractivity contribution is 6.06. The number of benzene rings is 2. The second-order valence-corrected chi connectivity index (χ2v) is 10.9. The van der Waals surface area contributed by atoms with E-state index in [0.29, 0.717) is 46.7 Å². The zero-order valence-electron chi connectivity index (χ0n) is 24.2. The molecule has 2 aromatic carbocycles. The first-order chi connectivity index (χ1) is 20.1. The molecule has 0 radical (unpaired) electrons. The van der Waals surface area contributed by atoms with Crippen LogP contribution in [0.2, 0.25) is 0 Å². The molecule has 1 aliphatic rings. The van der Waals surface area contributed by atoms with Crippen LogP contribution in [0.4, 0.5) is 8.78 Å². The predicted molar refractivity (Wildman–Crippen MR) is 158 cm³/mol. The van der Waals surface area contributed by atoms with Crippen LogP contribution in [0, 0.1) is 11.6 Å². The quantitative estimate of drug-likeness (QED) is 0.287. The molecule has 0 aliphatic carbocycles. The number of rotatable bonds is 10. The molecule has 2 atom stereocenters. The van der Waals surface area contributed by atoms with Crippen LogP contribution in [-0.4, -0.2) is 64.0 Å². The van der Waals surface area contributed by atoms with Crippen molar-refractivity contribution in [2.75, 3.05) is 20.2 Å². The summed E-state index contributed by atoms with van der Waals surface area (Å²) in [6, 6.07) is 11.7. The maximum Gasteiger partial charge on any atom is 0.308 e. The normalized spacial score (nSPS) is 15.3. The van der Waals surface area contributed by atoms with Gasteiger partial charge in [0.1, 0.15) is 17.3 Å². The van der Waals surface area contributed by atoms with Gasteiger partial charge in [-0.3, -0.25) is 9.59 Å². The number of piperidine rings is 1. The molecule has 0 bridgehead atoms. The number of likely N-dealkylation sites (tertiary alicyclic amines) is 1. The molecule has 7 nitrogen and oxygen atoms in total. The number of halogens is 2. The van der Waals surface area contributed by atoms with Gasteiger partial charge in [-0.05, 0) is 74.6 Å². The van der Waals surface area contributed by atoms with E-state index in [1.165, 1.54) is 37.5 Å². The van der Waals surface area contributed by atoms with Crippen molar-refractivity contribution in [1.82, 2.24) is 9.47 Å². The van der Waals surface area contributed by atoms with E-state index in [1.54, 1.807) is 30.3 Å². The van der Waals surface area contributed by atoms with Gasteiger partial charge >= 0.3 is 5.97 Å². The Kier molecular flexibility index (Phi) is 10.3. The maximum atomic E-state index is 14.3. The highest BCUT2D eigenvalue weighted by atomic mass is 19.1. The van der Waals surface area contributed by atoms with Crippen LogP contribution < -0.4 is 0 Å². The summed E-state index contributed by atoms with van der Waals surface area (Å²) in [7, 11) is 1.23. The van der Waals surface area contributed by atoms with E-state index in [9.17, 15) is 28.6 Å². The molecule has 2 N–H and O–H groups in total. The summed E-state index contributed by atoms with van der Waals surface area (Å²) in [4.78, 5) is 27.7. The lowest BCUT2D eigenvalue weighted by Crippen LogP contribution is -2.37. The number of amides is 1. The van der Waals surface area contributed by atoms with Crippen molar-refractivity contribution in [2.45, 2.75) is 64.2 Å². The predicted octanol–water partition coefficient (Wildman–Crippen LogP) is 6.00. The second-order valence-electron chi connectivity index (χ2n) is 10.9. The Morgan fingerprint density at radius 2 is 1.45 bits per heavy atom. The molecule has 42 heavy (non-hydrogen) atoms. The van der Waals surface area contributed by atoms with Crippen molar-refractivity contribution in [3.63, 3.8) is 0 Å². The Bertz CT molecular complexity index is 1410. The Labute approximate surface area is 245 Å². The van der Waals surface area contributed by atoms with Gasteiger partial charge in [0, 0.05) is 42.4 Å². The fourth-order valence-electron chi connectivity index (χ4n) is 5.49. The van der Waals surface area contributed by atoms with Gasteiger partial charge < -0.3 is 24.4 Å². The third-order valence-electron chi connectivity index (χ3n) is 7.49. The minimum absolute atomic E-state index is 0.107. The van der Waals surface area contributed by atoms with Crippen LogP contribution in [-0.2, 0) is 9.53 Å². The zero-order chi connectivity index (χ0) is 30.4. The van der Waals surface area contributed by atoms with Crippen molar-refractivity contribution in [3.8, 4) is 22.3 Å². The van der Waals surface area contributed by atoms with Crippen LogP contribution >= 0.6 is 0 Å². The minimum atomic E-state index is -1.11. The largest absolute Gasteiger partial charge is 0.469 e. The topological polar surface area (TPSA) is 92.0 Å². The molecule has 3 aromatic rings. The van der Waals surface area contributed by atoms with E-state index in [0.717, 1.165) is 19.3 Å². The zero-order valence-corrected chi connectivity index (χ0v) is 24.2. The molecule has 4 rings (SSSR count). The van der Waals surface area contributed by atoms with Gasteiger partial charge in [-0.2, -0.15) is 0 Å². The average Bonchev–Trinajstić information content (AvgIpc) is 3.32. The number of hydrogen-bond donors (Lipinski definition) is 2. The van der Waals surface area contributed by atoms with Crippen molar-refractivity contribution < 1.29 is 33.3 Å². The number of hydrogen-bond acceptors (Lipinski definition) is 5. The summed E-state index contributed by atoms with van der Waals surface area (Å²) in [6.45, 7) is 5.14. The van der Waals surface area contributed by atoms with Crippen molar-refractivity contribution in [2.24, 2.45) is 0 Å². The number of aliphatic hydroxyl groups excluding tert-OH is 2. The summed E-state index contributed by atoms with van der Waals surface area (Å²) in [5.74, 6) is -1.57. The van der Waals surface area contributed by atoms with E-state index in [1.807, 2.05) is 23.3 Å². The third kappa shape index (κ3) is 7.14. The van der Waals surface area contributed by atoms with Gasteiger partial charge in [-0.1, -0.05) is 30.3 Å². The summed E-state index contributed by atoms with van der Waals surface area (Å²) in [6.07, 6.45) is 3.45. The van der Waals surface area contributed by atoms with Gasteiger partial charge in [-0.15, -0.1) is 0 Å². The smallest absolute Gasteiger partial charge is 0.308 e. The molecule has 1 saturated heterocycles. The molecule has 9 heteroatoms. The Balaban J connectivity index is 1.94. The number of ether oxygens (including phenoxy) is 1. The minimum Gasteiger partial charge on any atom is -0.469 e. The SMILES string of the molecule is COC(=O)C[C@H](O)C[C@@H](O)C=Cc1c(-c2ccc(F)cc2)c(-c2ccc(F)cc2)c(C(=O)N2CCCCC2)n1C(C)C. The fourth-order valence-corrected chi connectivity index (χ4v) is 5.49. The number of nitrogens with zero attached hydrogens (tertiary/aromatic N) is 2. The van der Waals surface area contributed by atoms with Crippen LogP contribution in [0.3, 0.4) is 0 Å². The molecule has 1 fully saturated rings. The molecule has 1 aromatic heterocycles. The number of esters is 1. The summed E-state index contributed by atoms with van der Waals surface area (Å²) < 4.78 is 34.6. The highest BCUT2D eigenvalue weighted by Crippen LogP contribution is 2.43. The first kappa shape index (κ1) is 31.1. The standard InChI is InChI=1S/C33H38F2N2O5/c1-21(2)37-28(16-15-26(38)19-27(39)20-29(40)42-3)30(22-7-11-24(34)12-8-22)31(23-9-13-25(35)14-10-23)32(37)33(41)36-17-5-4-6-18-36/h7-16,21,26-27,38-39H,4-6,17-20H2,1-3H3/t26-,27+/m0/s1. The van der Waals surface area contributed by atoms with Gasteiger partial charge in [0.15, 0.2) is 0 Å². The van der Waals surface area contributed by atoms with Gasteiger partial charge in [0.25, 0.3) is 5.91 Å². The molecule has 0 unspecified atom stereocenters. The average molecular weight is 581 g/mol. The van der Waals surface area contributed by atoms with Crippen LogP contribution in [0.15, 0.2) is 54.6 Å². The Morgan fingerprint density at radius 3 is 1.98 bits per heavy atom. The second kappa shape index (κ2) is 13.9. The molecule has 1 amide bonds. The first-order valence-corrected chi connectivity index (χ1v) is 14.3. The maximum absolute atomic E-state index is 14.3. The summed E-state index contributed by atoms with van der Waals surface area (Å²) in [5, 5.41) is 21.0.